The van der Waals surface area contributed by atoms with Crippen LogP contribution in [0.4, 0.5) is 11.4 Å². The van der Waals surface area contributed by atoms with Crippen LogP contribution in [0.2, 0.25) is 0 Å². The Hall–Kier alpha value is -2.53. The van der Waals surface area contributed by atoms with Crippen molar-refractivity contribution in [2.24, 2.45) is 0 Å². The third-order valence-electron chi connectivity index (χ3n) is 7.45. The molecule has 0 spiro atoms. The molecule has 1 fully saturated rings. The number of benzene rings is 2. The average molecular weight is 437 g/mol. The van der Waals surface area contributed by atoms with E-state index < -0.39 is 0 Å². The van der Waals surface area contributed by atoms with Crippen LogP contribution >= 0.6 is 0 Å². The van der Waals surface area contributed by atoms with Crippen molar-refractivity contribution in [1.29, 1.82) is 0 Å². The Bertz CT molecular complexity index is 903. The molecule has 0 bridgehead atoms. The number of hydrogen-bond acceptors (Lipinski definition) is 4. The first-order chi connectivity index (χ1) is 15.2. The van der Waals surface area contributed by atoms with E-state index in [-0.39, 0.29) is 18.0 Å². The highest BCUT2D eigenvalue weighted by Crippen LogP contribution is 2.35. The van der Waals surface area contributed by atoms with Gasteiger partial charge in [-0.05, 0) is 81.7 Å². The van der Waals surface area contributed by atoms with Gasteiger partial charge in [-0.3, -0.25) is 4.79 Å². The molecule has 2 aromatic carbocycles. The minimum Gasteiger partial charge on any atom is -0.398 e. The maximum Gasteiger partial charge on any atom is 0.242 e. The lowest BCUT2D eigenvalue weighted by Gasteiger charge is -2.35. The van der Waals surface area contributed by atoms with Crippen molar-refractivity contribution in [2.75, 3.05) is 37.3 Å². The summed E-state index contributed by atoms with van der Waals surface area (Å²) in [5.74, 6) is 0.0983. The van der Waals surface area contributed by atoms with Gasteiger partial charge in [0.1, 0.15) is 6.04 Å². The fourth-order valence-electron chi connectivity index (χ4n) is 4.77. The molecule has 1 aliphatic rings. The van der Waals surface area contributed by atoms with Gasteiger partial charge in [0, 0.05) is 44.1 Å². The standard InChI is InChI=1S/C27H40N4O/c1-18-20(3)26(21(4)19(2)25(18)28)30(6)22(5)27(32)29-24-13-16-31(17-14-24)15-12-23-10-8-7-9-11-23/h7-11,22,24H,12-17,28H2,1-6H3,(H,29,32). The zero-order valence-corrected chi connectivity index (χ0v) is 20.7. The number of carbonyl (C=O) groups excluding carboxylic acids is 1. The minimum absolute atomic E-state index is 0.0983. The second-order valence-electron chi connectivity index (χ2n) is 9.41. The Morgan fingerprint density at radius 1 is 1.06 bits per heavy atom. The van der Waals surface area contributed by atoms with Crippen LogP contribution < -0.4 is 16.0 Å². The van der Waals surface area contributed by atoms with Gasteiger partial charge < -0.3 is 20.9 Å². The summed E-state index contributed by atoms with van der Waals surface area (Å²) < 4.78 is 0. The van der Waals surface area contributed by atoms with Gasteiger partial charge in [-0.1, -0.05) is 30.3 Å². The smallest absolute Gasteiger partial charge is 0.242 e. The first-order valence-electron chi connectivity index (χ1n) is 11.9. The summed E-state index contributed by atoms with van der Waals surface area (Å²) in [6.07, 6.45) is 3.10. The zero-order chi connectivity index (χ0) is 23.4. The number of likely N-dealkylation sites (N-methyl/N-ethyl adjacent to an activating group) is 1. The van der Waals surface area contributed by atoms with Gasteiger partial charge in [-0.2, -0.15) is 0 Å². The zero-order valence-electron chi connectivity index (χ0n) is 20.7. The van der Waals surface area contributed by atoms with Gasteiger partial charge in [0.2, 0.25) is 5.91 Å². The first kappa shape index (κ1) is 24.1. The molecule has 1 aliphatic heterocycles. The van der Waals surface area contributed by atoms with Crippen molar-refractivity contribution in [3.63, 3.8) is 0 Å². The SMILES string of the molecule is Cc1c(C)c(N(C)C(C)C(=O)NC2CCN(CCc3ccccc3)CC2)c(C)c(C)c1N. The van der Waals surface area contributed by atoms with E-state index in [2.05, 4.69) is 73.1 Å². The van der Waals surface area contributed by atoms with Crippen LogP contribution in [0.1, 0.15) is 47.6 Å². The summed E-state index contributed by atoms with van der Waals surface area (Å²) in [5.41, 5.74) is 14.1. The lowest BCUT2D eigenvalue weighted by atomic mass is 9.95. The molecule has 0 aliphatic carbocycles. The lowest BCUT2D eigenvalue weighted by Crippen LogP contribution is -2.51. The molecule has 1 unspecified atom stereocenters. The maximum atomic E-state index is 13.1. The predicted molar refractivity (Wildman–Crippen MR) is 135 cm³/mol. The molecule has 5 heteroatoms. The molecular formula is C27H40N4O. The number of amides is 1. The van der Waals surface area contributed by atoms with Crippen LogP contribution in [-0.4, -0.2) is 49.6 Å². The molecule has 3 rings (SSSR count). The Balaban J connectivity index is 1.54. The molecule has 32 heavy (non-hydrogen) atoms. The molecule has 1 heterocycles. The van der Waals surface area contributed by atoms with Crippen LogP contribution in [0.25, 0.3) is 0 Å². The highest BCUT2D eigenvalue weighted by molar-refractivity contribution is 5.86. The highest BCUT2D eigenvalue weighted by atomic mass is 16.2. The fraction of sp³-hybridized carbons (Fsp3) is 0.519. The summed E-state index contributed by atoms with van der Waals surface area (Å²) in [6, 6.07) is 10.7. The quantitative estimate of drug-likeness (QED) is 0.640. The van der Waals surface area contributed by atoms with Gasteiger partial charge in [-0.15, -0.1) is 0 Å². The van der Waals surface area contributed by atoms with E-state index in [4.69, 9.17) is 5.73 Å². The van der Waals surface area contributed by atoms with E-state index in [1.807, 2.05) is 14.0 Å². The van der Waals surface area contributed by atoms with E-state index in [0.29, 0.717) is 0 Å². The number of hydrogen-bond donors (Lipinski definition) is 2. The summed E-state index contributed by atoms with van der Waals surface area (Å²) in [6.45, 7) is 13.5. The van der Waals surface area contributed by atoms with Crippen molar-refractivity contribution in [2.45, 2.75) is 66.0 Å². The largest absolute Gasteiger partial charge is 0.398 e. The van der Waals surface area contributed by atoms with Crippen LogP contribution in [0, 0.1) is 27.7 Å². The number of nitrogens with one attached hydrogen (secondary N) is 1. The van der Waals surface area contributed by atoms with Crippen LogP contribution in [0.5, 0.6) is 0 Å². The third-order valence-corrected chi connectivity index (χ3v) is 7.45. The molecule has 174 valence electrons. The third kappa shape index (κ3) is 5.26. The van der Waals surface area contributed by atoms with E-state index >= 15 is 0 Å². The number of nitrogens with two attached hydrogens (primary N) is 1. The molecule has 0 aromatic heterocycles. The molecule has 2 aromatic rings. The fourth-order valence-corrected chi connectivity index (χ4v) is 4.77. The van der Waals surface area contributed by atoms with Crippen molar-refractivity contribution >= 4 is 17.3 Å². The molecule has 0 radical (unpaired) electrons. The second-order valence-corrected chi connectivity index (χ2v) is 9.41. The van der Waals surface area contributed by atoms with Crippen molar-refractivity contribution < 1.29 is 4.79 Å². The van der Waals surface area contributed by atoms with Gasteiger partial charge in [0.25, 0.3) is 0 Å². The van der Waals surface area contributed by atoms with Crippen molar-refractivity contribution in [1.82, 2.24) is 10.2 Å². The summed E-state index contributed by atoms with van der Waals surface area (Å²) in [4.78, 5) is 17.7. The van der Waals surface area contributed by atoms with Gasteiger partial charge in [0.15, 0.2) is 0 Å². The minimum atomic E-state index is -0.245. The summed E-state index contributed by atoms with van der Waals surface area (Å²) in [7, 11) is 2.01. The molecule has 5 nitrogen and oxygen atoms in total. The Labute approximate surface area is 194 Å². The summed E-state index contributed by atoms with van der Waals surface area (Å²) >= 11 is 0. The molecule has 1 atom stereocenters. The average Bonchev–Trinajstić information content (AvgIpc) is 2.81. The summed E-state index contributed by atoms with van der Waals surface area (Å²) in [5, 5.41) is 3.31. The Morgan fingerprint density at radius 2 is 1.62 bits per heavy atom. The number of likely N-dealkylation sites (tertiary alicyclic amines) is 1. The van der Waals surface area contributed by atoms with Gasteiger partial charge >= 0.3 is 0 Å². The van der Waals surface area contributed by atoms with Crippen LogP contribution in [-0.2, 0) is 11.2 Å². The normalized spacial score (nSPS) is 16.1. The number of nitrogens with zero attached hydrogens (tertiary/aromatic N) is 2. The van der Waals surface area contributed by atoms with E-state index in [1.165, 1.54) is 5.56 Å². The number of nitrogen functional groups attached to an aromatic ring is 1. The molecule has 1 amide bonds. The number of carbonyl (C=O) groups is 1. The molecular weight excluding hydrogens is 396 g/mol. The Morgan fingerprint density at radius 3 is 2.19 bits per heavy atom. The molecule has 0 saturated carbocycles. The van der Waals surface area contributed by atoms with Crippen LogP contribution in [0.3, 0.4) is 0 Å². The van der Waals surface area contributed by atoms with Crippen LogP contribution in [0.15, 0.2) is 30.3 Å². The van der Waals surface area contributed by atoms with Gasteiger partial charge in [0.05, 0.1) is 0 Å². The molecule has 1 saturated heterocycles. The highest BCUT2D eigenvalue weighted by Gasteiger charge is 2.27. The van der Waals surface area contributed by atoms with E-state index in [0.717, 1.165) is 72.5 Å². The Kier molecular flexibility index (Phi) is 7.83. The topological polar surface area (TPSA) is 61.6 Å². The molecule has 3 N–H and O–H groups in total. The predicted octanol–water partition coefficient (Wildman–Crippen LogP) is 4.15. The lowest BCUT2D eigenvalue weighted by molar-refractivity contribution is -0.123. The second kappa shape index (κ2) is 10.4. The van der Waals surface area contributed by atoms with Crippen molar-refractivity contribution in [3.05, 3.63) is 58.1 Å². The number of rotatable bonds is 7. The first-order valence-corrected chi connectivity index (χ1v) is 11.9. The van der Waals surface area contributed by atoms with E-state index in [1.54, 1.807) is 0 Å². The monoisotopic (exact) mass is 436 g/mol. The van der Waals surface area contributed by atoms with Crippen molar-refractivity contribution in [3.8, 4) is 0 Å². The maximum absolute atomic E-state index is 13.1. The van der Waals surface area contributed by atoms with E-state index in [9.17, 15) is 4.79 Å². The number of anilines is 2. The van der Waals surface area contributed by atoms with Gasteiger partial charge in [-0.25, -0.2) is 0 Å². The number of piperidine rings is 1.